The largest absolute Gasteiger partial charge is 0.395 e. The van der Waals surface area contributed by atoms with Crippen LogP contribution in [-0.4, -0.2) is 32.8 Å². The summed E-state index contributed by atoms with van der Waals surface area (Å²) in [5, 5.41) is 13.1. The normalized spacial score (nSPS) is 15.7. The van der Waals surface area contributed by atoms with Crippen molar-refractivity contribution >= 4 is 11.8 Å². The van der Waals surface area contributed by atoms with E-state index in [9.17, 15) is 0 Å². The van der Waals surface area contributed by atoms with Crippen molar-refractivity contribution in [2.24, 2.45) is 12.8 Å². The number of thioether (sulfide) groups is 1. The first-order valence-electron chi connectivity index (χ1n) is 4.15. The fourth-order valence-corrected chi connectivity index (χ4v) is 1.91. The van der Waals surface area contributed by atoms with Crippen LogP contribution in [0.5, 0.6) is 0 Å². The Hall–Kier alpha value is -0.520. The first-order valence-corrected chi connectivity index (χ1v) is 5.03. The molecule has 0 aliphatic carbocycles. The molecule has 1 aromatic rings. The van der Waals surface area contributed by atoms with Crippen molar-refractivity contribution in [1.82, 2.24) is 9.78 Å². The molecule has 0 saturated carbocycles. The minimum Gasteiger partial charge on any atom is -0.395 e. The van der Waals surface area contributed by atoms with Gasteiger partial charge >= 0.3 is 0 Å². The molecule has 2 atom stereocenters. The zero-order chi connectivity index (χ0) is 9.84. The Morgan fingerprint density at radius 3 is 2.85 bits per heavy atom. The maximum absolute atomic E-state index is 9.04. The van der Waals surface area contributed by atoms with Crippen LogP contribution in [0.4, 0.5) is 0 Å². The minimum absolute atomic E-state index is 0.0183. The molecule has 13 heavy (non-hydrogen) atoms. The molecular formula is C8H15N3OS. The first kappa shape index (κ1) is 10.6. The summed E-state index contributed by atoms with van der Waals surface area (Å²) in [6.07, 6.45) is 3.69. The number of hydrogen-bond donors (Lipinski definition) is 2. The Labute approximate surface area is 82.1 Å². The van der Waals surface area contributed by atoms with Crippen LogP contribution in [0.15, 0.2) is 17.3 Å². The molecule has 0 fully saturated rings. The molecule has 0 spiro atoms. The van der Waals surface area contributed by atoms with Gasteiger partial charge in [0.15, 0.2) is 0 Å². The van der Waals surface area contributed by atoms with Crippen LogP contribution in [0.25, 0.3) is 0 Å². The molecule has 0 radical (unpaired) electrons. The second kappa shape index (κ2) is 4.64. The number of nitrogens with zero attached hydrogens (tertiary/aromatic N) is 2. The van der Waals surface area contributed by atoms with E-state index in [1.165, 1.54) is 0 Å². The molecule has 0 aliphatic heterocycles. The molecule has 0 saturated heterocycles. The second-order valence-corrected chi connectivity index (χ2v) is 4.36. The molecule has 3 N–H and O–H groups in total. The lowest BCUT2D eigenvalue weighted by Gasteiger charge is -2.15. The Balaban J connectivity index is 2.56. The highest BCUT2D eigenvalue weighted by molar-refractivity contribution is 8.00. The van der Waals surface area contributed by atoms with E-state index < -0.39 is 0 Å². The summed E-state index contributed by atoms with van der Waals surface area (Å²) >= 11 is 1.56. The van der Waals surface area contributed by atoms with Gasteiger partial charge in [-0.3, -0.25) is 4.68 Å². The molecule has 4 nitrogen and oxygen atoms in total. The lowest BCUT2D eigenvalue weighted by atomic mass is 10.3. The van der Waals surface area contributed by atoms with Crippen LogP contribution in [0.3, 0.4) is 0 Å². The second-order valence-electron chi connectivity index (χ2n) is 3.05. The van der Waals surface area contributed by atoms with Crippen molar-refractivity contribution in [3.63, 3.8) is 0 Å². The molecule has 5 heteroatoms. The predicted molar refractivity (Wildman–Crippen MR) is 53.6 cm³/mol. The van der Waals surface area contributed by atoms with Crippen molar-refractivity contribution in [2.45, 2.75) is 23.1 Å². The van der Waals surface area contributed by atoms with Gasteiger partial charge in [0.1, 0.15) is 0 Å². The highest BCUT2D eigenvalue weighted by Gasteiger charge is 2.14. The van der Waals surface area contributed by atoms with Gasteiger partial charge in [-0.2, -0.15) is 5.10 Å². The summed E-state index contributed by atoms with van der Waals surface area (Å²) < 4.78 is 1.73. The molecule has 1 rings (SSSR count). The molecule has 0 aromatic carbocycles. The summed E-state index contributed by atoms with van der Waals surface area (Å²) in [6, 6.07) is -0.0183. The number of rotatable bonds is 4. The van der Waals surface area contributed by atoms with Gasteiger partial charge in [-0.25, -0.2) is 0 Å². The third-order valence-corrected chi connectivity index (χ3v) is 3.10. The third-order valence-electron chi connectivity index (χ3n) is 1.74. The maximum Gasteiger partial charge on any atom is 0.0625 e. The summed E-state index contributed by atoms with van der Waals surface area (Å²) in [5.41, 5.74) is 5.69. The van der Waals surface area contributed by atoms with Gasteiger partial charge in [0.25, 0.3) is 0 Å². The number of nitrogens with two attached hydrogens (primary N) is 1. The average Bonchev–Trinajstić information content (AvgIpc) is 2.46. The SMILES string of the molecule is CC(N)C(CO)Sc1cnn(C)c1. The van der Waals surface area contributed by atoms with Crippen LogP contribution in [0.1, 0.15) is 6.92 Å². The van der Waals surface area contributed by atoms with Crippen molar-refractivity contribution in [2.75, 3.05) is 6.61 Å². The lowest BCUT2D eigenvalue weighted by Crippen LogP contribution is -2.31. The van der Waals surface area contributed by atoms with E-state index in [4.69, 9.17) is 10.8 Å². The van der Waals surface area contributed by atoms with Gasteiger partial charge in [-0.05, 0) is 6.92 Å². The highest BCUT2D eigenvalue weighted by Crippen LogP contribution is 2.23. The van der Waals surface area contributed by atoms with Gasteiger partial charge in [0, 0.05) is 29.4 Å². The van der Waals surface area contributed by atoms with Gasteiger partial charge in [-0.1, -0.05) is 0 Å². The van der Waals surface area contributed by atoms with Crippen LogP contribution < -0.4 is 5.73 Å². The highest BCUT2D eigenvalue weighted by atomic mass is 32.2. The lowest BCUT2D eigenvalue weighted by molar-refractivity contribution is 0.285. The molecular weight excluding hydrogens is 186 g/mol. The van der Waals surface area contributed by atoms with Gasteiger partial charge in [-0.15, -0.1) is 11.8 Å². The Kier molecular flexibility index (Phi) is 3.77. The fourth-order valence-electron chi connectivity index (χ4n) is 0.945. The summed E-state index contributed by atoms with van der Waals surface area (Å²) in [5.74, 6) is 0. The molecule has 1 heterocycles. The van der Waals surface area contributed by atoms with Crippen LogP contribution in [0, 0.1) is 0 Å². The quantitative estimate of drug-likeness (QED) is 0.684. The number of aryl methyl sites for hydroxylation is 1. The molecule has 1 aromatic heterocycles. The smallest absolute Gasteiger partial charge is 0.0625 e. The zero-order valence-corrected chi connectivity index (χ0v) is 8.66. The van der Waals surface area contributed by atoms with E-state index in [1.54, 1.807) is 22.6 Å². The van der Waals surface area contributed by atoms with E-state index >= 15 is 0 Å². The van der Waals surface area contributed by atoms with E-state index in [2.05, 4.69) is 5.10 Å². The van der Waals surface area contributed by atoms with Crippen LogP contribution in [-0.2, 0) is 7.05 Å². The van der Waals surface area contributed by atoms with E-state index in [-0.39, 0.29) is 17.9 Å². The van der Waals surface area contributed by atoms with E-state index in [0.717, 1.165) is 4.90 Å². The minimum atomic E-state index is -0.0183. The molecule has 0 aliphatic rings. The fraction of sp³-hybridized carbons (Fsp3) is 0.625. The van der Waals surface area contributed by atoms with E-state index in [0.29, 0.717) is 0 Å². The van der Waals surface area contributed by atoms with Gasteiger partial charge < -0.3 is 10.8 Å². The molecule has 0 bridgehead atoms. The zero-order valence-electron chi connectivity index (χ0n) is 7.84. The van der Waals surface area contributed by atoms with Crippen molar-refractivity contribution < 1.29 is 5.11 Å². The maximum atomic E-state index is 9.04. The average molecular weight is 201 g/mol. The van der Waals surface area contributed by atoms with Crippen LogP contribution >= 0.6 is 11.8 Å². The Bertz CT molecular complexity index is 262. The van der Waals surface area contributed by atoms with Gasteiger partial charge in [0.05, 0.1) is 12.8 Å². The number of aliphatic hydroxyl groups is 1. The summed E-state index contributed by atoms with van der Waals surface area (Å²) in [6.45, 7) is 1.99. The van der Waals surface area contributed by atoms with Crippen molar-refractivity contribution in [3.05, 3.63) is 12.4 Å². The summed E-state index contributed by atoms with van der Waals surface area (Å²) in [4.78, 5) is 1.04. The Morgan fingerprint density at radius 2 is 2.46 bits per heavy atom. The van der Waals surface area contributed by atoms with Crippen molar-refractivity contribution in [1.29, 1.82) is 0 Å². The van der Waals surface area contributed by atoms with Crippen LogP contribution in [0.2, 0.25) is 0 Å². The predicted octanol–water partition coefficient (Wildman–Crippen LogP) is 0.220. The number of aliphatic hydroxyl groups excluding tert-OH is 1. The summed E-state index contributed by atoms with van der Waals surface area (Å²) in [7, 11) is 1.86. The monoisotopic (exact) mass is 201 g/mol. The first-order chi connectivity index (χ1) is 6.13. The topological polar surface area (TPSA) is 64.1 Å². The van der Waals surface area contributed by atoms with E-state index in [1.807, 2.05) is 20.2 Å². The van der Waals surface area contributed by atoms with Crippen molar-refractivity contribution in [3.8, 4) is 0 Å². The number of hydrogen-bond acceptors (Lipinski definition) is 4. The molecule has 74 valence electrons. The Morgan fingerprint density at radius 1 is 1.77 bits per heavy atom. The molecule has 2 unspecified atom stereocenters. The van der Waals surface area contributed by atoms with Gasteiger partial charge in [0.2, 0.25) is 0 Å². The molecule has 0 amide bonds. The third kappa shape index (κ3) is 3.02. The number of aromatic nitrogens is 2. The standard InChI is InChI=1S/C8H15N3OS/c1-6(9)8(5-12)13-7-3-10-11(2)4-7/h3-4,6,8,12H,5,9H2,1-2H3.